The molecular weight excluding hydrogens is 368 g/mol. The summed E-state index contributed by atoms with van der Waals surface area (Å²) in [4.78, 5) is 24.9. The highest BCUT2D eigenvalue weighted by atomic mass is 16.6. The third-order valence-corrected chi connectivity index (χ3v) is 4.98. The van der Waals surface area contributed by atoms with Crippen LogP contribution in [0.4, 0.5) is 5.82 Å². The number of hydrogen-bond donors (Lipinski definition) is 4. The molecule has 154 valence electrons. The lowest BCUT2D eigenvalue weighted by molar-refractivity contribution is -0.166. The number of imidazole rings is 1. The van der Waals surface area contributed by atoms with Crippen molar-refractivity contribution >= 4 is 23.0 Å². The van der Waals surface area contributed by atoms with Crippen LogP contribution in [-0.4, -0.2) is 73.2 Å². The van der Waals surface area contributed by atoms with Crippen molar-refractivity contribution in [1.29, 1.82) is 0 Å². The Bertz CT molecular complexity index is 854. The second-order valence-electron chi connectivity index (χ2n) is 7.36. The van der Waals surface area contributed by atoms with Crippen LogP contribution in [0.25, 0.3) is 11.2 Å². The van der Waals surface area contributed by atoms with Crippen LogP contribution in [-0.2, 0) is 14.3 Å². The van der Waals surface area contributed by atoms with Gasteiger partial charge in [0.1, 0.15) is 29.6 Å². The van der Waals surface area contributed by atoms with Crippen LogP contribution in [0.5, 0.6) is 0 Å². The fourth-order valence-corrected chi connectivity index (χ4v) is 3.26. The first-order valence-corrected chi connectivity index (χ1v) is 9.02. The van der Waals surface area contributed by atoms with Gasteiger partial charge in [-0.15, -0.1) is 0 Å². The topological polar surface area (TPSA) is 158 Å². The molecule has 0 bridgehead atoms. The number of anilines is 1. The van der Waals surface area contributed by atoms with Gasteiger partial charge in [-0.2, -0.15) is 0 Å². The van der Waals surface area contributed by atoms with Crippen molar-refractivity contribution in [2.45, 2.75) is 50.8 Å². The van der Waals surface area contributed by atoms with E-state index in [-0.39, 0.29) is 5.92 Å². The van der Waals surface area contributed by atoms with Crippen LogP contribution in [0.2, 0.25) is 0 Å². The zero-order chi connectivity index (χ0) is 20.6. The van der Waals surface area contributed by atoms with Crippen LogP contribution in [0.1, 0.15) is 27.0 Å². The lowest BCUT2D eigenvalue weighted by Crippen LogP contribution is -2.50. The molecule has 1 saturated heterocycles. The molecule has 2 aromatic rings. The van der Waals surface area contributed by atoms with Gasteiger partial charge in [0.05, 0.1) is 12.9 Å². The first-order chi connectivity index (χ1) is 13.2. The van der Waals surface area contributed by atoms with Crippen molar-refractivity contribution in [2.24, 2.45) is 11.7 Å². The van der Waals surface area contributed by atoms with E-state index in [9.17, 15) is 15.0 Å². The number of carbonyl (C=O) groups is 1. The van der Waals surface area contributed by atoms with Gasteiger partial charge in [0.2, 0.25) is 0 Å². The summed E-state index contributed by atoms with van der Waals surface area (Å²) >= 11 is 0. The van der Waals surface area contributed by atoms with Gasteiger partial charge < -0.3 is 30.7 Å². The summed E-state index contributed by atoms with van der Waals surface area (Å²) in [7, 11) is 1.71. The zero-order valence-electron chi connectivity index (χ0n) is 16.2. The predicted molar refractivity (Wildman–Crippen MR) is 99.2 cm³/mol. The maximum Gasteiger partial charge on any atom is 0.323 e. The largest absolute Gasteiger partial charge is 0.455 e. The van der Waals surface area contributed by atoms with E-state index < -0.39 is 42.7 Å². The standard InChI is InChI=1S/C17H26N6O5/c1-8(2)10(18)15(25)28-12-9(5-24)27-16(17(12,3)26)23-7-22-11-13(19-4)20-6-21-14(11)23/h6-10,12,16,24,26H,5,18H2,1-4H3,(H,19,20,21)/t9-,10+,12-,16?,17-/m1/s1. The number of aliphatic hydroxyl groups is 2. The van der Waals surface area contributed by atoms with Gasteiger partial charge in [0, 0.05) is 7.05 Å². The van der Waals surface area contributed by atoms with Crippen LogP contribution < -0.4 is 11.1 Å². The van der Waals surface area contributed by atoms with E-state index in [2.05, 4.69) is 20.3 Å². The van der Waals surface area contributed by atoms with Crippen LogP contribution >= 0.6 is 0 Å². The molecule has 5 atom stereocenters. The molecule has 0 spiro atoms. The van der Waals surface area contributed by atoms with Crippen molar-refractivity contribution < 1.29 is 24.5 Å². The molecule has 11 heteroatoms. The van der Waals surface area contributed by atoms with Gasteiger partial charge in [-0.3, -0.25) is 9.36 Å². The zero-order valence-corrected chi connectivity index (χ0v) is 16.2. The van der Waals surface area contributed by atoms with Gasteiger partial charge in [0.15, 0.2) is 23.8 Å². The van der Waals surface area contributed by atoms with Gasteiger partial charge in [-0.05, 0) is 12.8 Å². The Labute approximate surface area is 161 Å². The minimum Gasteiger partial charge on any atom is -0.455 e. The number of nitrogens with zero attached hydrogens (tertiary/aromatic N) is 4. The van der Waals surface area contributed by atoms with Crippen LogP contribution in [0.3, 0.4) is 0 Å². The lowest BCUT2D eigenvalue weighted by atomic mass is 9.95. The Morgan fingerprint density at radius 3 is 2.79 bits per heavy atom. The van der Waals surface area contributed by atoms with Crippen LogP contribution in [0, 0.1) is 5.92 Å². The van der Waals surface area contributed by atoms with Crippen molar-refractivity contribution in [2.75, 3.05) is 19.0 Å². The summed E-state index contributed by atoms with van der Waals surface area (Å²) < 4.78 is 12.8. The van der Waals surface area contributed by atoms with Crippen molar-refractivity contribution in [3.8, 4) is 0 Å². The molecule has 2 aromatic heterocycles. The van der Waals surface area contributed by atoms with E-state index in [1.165, 1.54) is 24.1 Å². The molecule has 1 aliphatic heterocycles. The molecule has 3 heterocycles. The minimum atomic E-state index is -1.67. The highest BCUT2D eigenvalue weighted by molar-refractivity contribution is 5.82. The van der Waals surface area contributed by atoms with Gasteiger partial charge in [0.25, 0.3) is 0 Å². The molecule has 0 aromatic carbocycles. The Balaban J connectivity index is 1.95. The molecule has 1 fully saturated rings. The molecule has 5 N–H and O–H groups in total. The highest BCUT2D eigenvalue weighted by Crippen LogP contribution is 2.41. The number of aliphatic hydroxyl groups excluding tert-OH is 1. The number of nitrogens with two attached hydrogens (primary N) is 1. The number of hydrogen-bond acceptors (Lipinski definition) is 10. The fraction of sp³-hybridized carbons (Fsp3) is 0.647. The summed E-state index contributed by atoms with van der Waals surface area (Å²) in [5.41, 5.74) is 5.10. The number of fused-ring (bicyclic) bond motifs is 1. The second-order valence-corrected chi connectivity index (χ2v) is 7.36. The molecule has 1 unspecified atom stereocenters. The molecule has 0 aliphatic carbocycles. The summed E-state index contributed by atoms with van der Waals surface area (Å²) in [6.45, 7) is 4.60. The van der Waals surface area contributed by atoms with E-state index in [4.69, 9.17) is 15.2 Å². The molecule has 1 aliphatic rings. The fourth-order valence-electron chi connectivity index (χ4n) is 3.26. The Hall–Kier alpha value is -2.34. The lowest BCUT2D eigenvalue weighted by Gasteiger charge is -2.30. The summed E-state index contributed by atoms with van der Waals surface area (Å²) in [5, 5.41) is 23.8. The molecule has 11 nitrogen and oxygen atoms in total. The number of carbonyl (C=O) groups excluding carboxylic acids is 1. The molecule has 0 saturated carbocycles. The first-order valence-electron chi connectivity index (χ1n) is 9.02. The molecular formula is C17H26N6O5. The van der Waals surface area contributed by atoms with Crippen molar-refractivity contribution in [3.05, 3.63) is 12.7 Å². The normalized spacial score (nSPS) is 28.6. The van der Waals surface area contributed by atoms with E-state index in [1.807, 2.05) is 0 Å². The quantitative estimate of drug-likeness (QED) is 0.466. The Morgan fingerprint density at radius 1 is 1.46 bits per heavy atom. The average Bonchev–Trinajstić information content (AvgIpc) is 3.19. The molecule has 0 radical (unpaired) electrons. The monoisotopic (exact) mass is 394 g/mol. The summed E-state index contributed by atoms with van der Waals surface area (Å²) in [5.74, 6) is -0.290. The number of ether oxygens (including phenoxy) is 2. The molecule has 28 heavy (non-hydrogen) atoms. The minimum absolute atomic E-state index is 0.141. The maximum atomic E-state index is 12.3. The summed E-state index contributed by atoms with van der Waals surface area (Å²) in [6.07, 6.45) is -0.243. The van der Waals surface area contributed by atoms with Crippen molar-refractivity contribution in [3.63, 3.8) is 0 Å². The predicted octanol–water partition coefficient (Wildman–Crippen LogP) is -0.596. The third kappa shape index (κ3) is 3.30. The smallest absolute Gasteiger partial charge is 0.323 e. The summed E-state index contributed by atoms with van der Waals surface area (Å²) in [6, 6.07) is -0.853. The average molecular weight is 394 g/mol. The number of aromatic nitrogens is 4. The SMILES string of the molecule is CNc1ncnc2c1ncn2C1O[C@H](CO)[C@@H](OC(=O)[C@@H](N)C(C)C)[C@@]1(C)O. The van der Waals surface area contributed by atoms with E-state index in [0.717, 1.165) is 0 Å². The third-order valence-electron chi connectivity index (χ3n) is 4.98. The van der Waals surface area contributed by atoms with E-state index in [1.54, 1.807) is 20.9 Å². The maximum absolute atomic E-state index is 12.3. The first kappa shape index (κ1) is 20.4. The van der Waals surface area contributed by atoms with E-state index >= 15 is 0 Å². The van der Waals surface area contributed by atoms with Gasteiger partial charge in [-0.25, -0.2) is 15.0 Å². The molecule has 0 amide bonds. The number of nitrogens with one attached hydrogen (secondary N) is 1. The Kier molecular flexibility index (Phi) is 5.53. The number of esters is 1. The molecule has 3 rings (SSSR count). The van der Waals surface area contributed by atoms with Gasteiger partial charge in [-0.1, -0.05) is 13.8 Å². The van der Waals surface area contributed by atoms with E-state index in [0.29, 0.717) is 17.0 Å². The second kappa shape index (κ2) is 7.59. The Morgan fingerprint density at radius 2 is 2.18 bits per heavy atom. The van der Waals surface area contributed by atoms with Crippen LogP contribution in [0.15, 0.2) is 12.7 Å². The highest BCUT2D eigenvalue weighted by Gasteiger charge is 2.56. The van der Waals surface area contributed by atoms with Crippen molar-refractivity contribution in [1.82, 2.24) is 19.5 Å². The number of rotatable bonds is 6. The van der Waals surface area contributed by atoms with Gasteiger partial charge >= 0.3 is 5.97 Å².